The average Bonchev–Trinajstić information content (AvgIpc) is 3.16. The molecule has 2 atom stereocenters. The number of aromatic nitrogens is 1. The lowest BCUT2D eigenvalue weighted by atomic mass is 10.1. The van der Waals surface area contributed by atoms with Gasteiger partial charge in [-0.15, -0.1) is 11.3 Å². The van der Waals surface area contributed by atoms with Crippen LogP contribution in [0.5, 0.6) is 0 Å². The molecule has 1 fully saturated rings. The first-order chi connectivity index (χ1) is 10.2. The summed E-state index contributed by atoms with van der Waals surface area (Å²) < 4.78 is 5.29. The highest BCUT2D eigenvalue weighted by molar-refractivity contribution is 7.13. The van der Waals surface area contributed by atoms with Gasteiger partial charge >= 0.3 is 0 Å². The van der Waals surface area contributed by atoms with Crippen molar-refractivity contribution < 1.29 is 14.3 Å². The molecule has 0 aliphatic heterocycles. The fourth-order valence-corrected chi connectivity index (χ4v) is 3.41. The Morgan fingerprint density at radius 1 is 1.52 bits per heavy atom. The molecule has 3 rings (SSSR count). The minimum atomic E-state index is -0.193. The topological polar surface area (TPSA) is 75.4 Å². The molecule has 112 valence electrons. The molecule has 6 heteroatoms. The summed E-state index contributed by atoms with van der Waals surface area (Å²) in [5, 5.41) is 15.1. The van der Waals surface area contributed by atoms with E-state index in [4.69, 9.17) is 4.42 Å². The molecule has 1 saturated carbocycles. The van der Waals surface area contributed by atoms with Crippen LogP contribution in [0.1, 0.15) is 25.0 Å². The number of amides is 1. The first-order valence-electron chi connectivity index (χ1n) is 7.14. The molecule has 0 radical (unpaired) electrons. The van der Waals surface area contributed by atoms with Crippen LogP contribution in [-0.2, 0) is 11.2 Å². The zero-order valence-corrected chi connectivity index (χ0v) is 12.4. The maximum absolute atomic E-state index is 11.9. The molecule has 0 saturated heterocycles. The van der Waals surface area contributed by atoms with Gasteiger partial charge in [-0.1, -0.05) is 0 Å². The van der Waals surface area contributed by atoms with Gasteiger partial charge in [-0.05, 0) is 37.3 Å². The predicted molar refractivity (Wildman–Crippen MR) is 79.9 cm³/mol. The van der Waals surface area contributed by atoms with E-state index in [2.05, 4.69) is 10.3 Å². The molecular formula is C15H18N2O3S. The Labute approximate surface area is 127 Å². The summed E-state index contributed by atoms with van der Waals surface area (Å²) in [7, 11) is 0. The maximum Gasteiger partial charge on any atom is 0.226 e. The molecule has 0 bridgehead atoms. The molecule has 1 aliphatic rings. The minimum Gasteiger partial charge on any atom is -0.462 e. The second-order valence-electron chi connectivity index (χ2n) is 5.44. The molecule has 5 nitrogen and oxygen atoms in total. The Morgan fingerprint density at radius 3 is 3.14 bits per heavy atom. The number of nitrogens with one attached hydrogen (secondary N) is 1. The van der Waals surface area contributed by atoms with E-state index in [0.717, 1.165) is 35.7 Å². The quantitative estimate of drug-likeness (QED) is 0.888. The Kier molecular flexibility index (Phi) is 4.36. The third kappa shape index (κ3) is 3.71. The third-order valence-corrected chi connectivity index (χ3v) is 4.63. The lowest BCUT2D eigenvalue weighted by molar-refractivity contribution is -0.120. The van der Waals surface area contributed by atoms with Crippen LogP contribution in [0.3, 0.4) is 0 Å². The van der Waals surface area contributed by atoms with Crippen molar-refractivity contribution in [1.29, 1.82) is 0 Å². The molecule has 0 spiro atoms. The highest BCUT2D eigenvalue weighted by atomic mass is 32.1. The normalized spacial score (nSPS) is 21.6. The summed E-state index contributed by atoms with van der Waals surface area (Å²) in [4.78, 5) is 16.3. The molecule has 2 aromatic rings. The highest BCUT2D eigenvalue weighted by Crippen LogP contribution is 2.25. The van der Waals surface area contributed by atoms with Gasteiger partial charge in [-0.25, -0.2) is 4.98 Å². The number of aliphatic hydroxyl groups is 1. The SMILES string of the molecule is O=C(Cc1csc(-c2ccco2)n1)NCC1CCC(O)C1. The van der Waals surface area contributed by atoms with E-state index >= 15 is 0 Å². The Morgan fingerprint density at radius 2 is 2.43 bits per heavy atom. The monoisotopic (exact) mass is 306 g/mol. The van der Waals surface area contributed by atoms with Gasteiger partial charge in [-0.3, -0.25) is 4.79 Å². The highest BCUT2D eigenvalue weighted by Gasteiger charge is 2.23. The van der Waals surface area contributed by atoms with E-state index in [-0.39, 0.29) is 18.4 Å². The van der Waals surface area contributed by atoms with E-state index in [9.17, 15) is 9.90 Å². The van der Waals surface area contributed by atoms with Crippen molar-refractivity contribution in [2.24, 2.45) is 5.92 Å². The Bertz CT molecular complexity index is 594. The van der Waals surface area contributed by atoms with Gasteiger partial charge in [0.05, 0.1) is 24.5 Å². The molecule has 2 aromatic heterocycles. The predicted octanol–water partition coefficient (Wildman–Crippen LogP) is 2.22. The van der Waals surface area contributed by atoms with Gasteiger partial charge < -0.3 is 14.8 Å². The van der Waals surface area contributed by atoms with Crippen molar-refractivity contribution in [1.82, 2.24) is 10.3 Å². The van der Waals surface area contributed by atoms with Crippen molar-refractivity contribution in [3.8, 4) is 10.8 Å². The van der Waals surface area contributed by atoms with Gasteiger partial charge in [-0.2, -0.15) is 0 Å². The first kappa shape index (κ1) is 14.3. The molecule has 2 unspecified atom stereocenters. The van der Waals surface area contributed by atoms with Crippen molar-refractivity contribution >= 4 is 17.2 Å². The largest absolute Gasteiger partial charge is 0.462 e. The Hall–Kier alpha value is -1.66. The number of aliphatic hydroxyl groups excluding tert-OH is 1. The third-order valence-electron chi connectivity index (χ3n) is 3.73. The number of carbonyl (C=O) groups excluding carboxylic acids is 1. The minimum absolute atomic E-state index is 0.0207. The van der Waals surface area contributed by atoms with Crippen LogP contribution in [0.25, 0.3) is 10.8 Å². The summed E-state index contributed by atoms with van der Waals surface area (Å²) in [5.41, 5.74) is 0.760. The second-order valence-corrected chi connectivity index (χ2v) is 6.29. The molecule has 0 aromatic carbocycles. The van der Waals surface area contributed by atoms with E-state index < -0.39 is 0 Å². The van der Waals surface area contributed by atoms with Crippen LogP contribution < -0.4 is 5.32 Å². The van der Waals surface area contributed by atoms with Crippen LogP contribution in [0.4, 0.5) is 0 Å². The second kappa shape index (κ2) is 6.41. The number of hydrogen-bond donors (Lipinski definition) is 2. The fraction of sp³-hybridized carbons (Fsp3) is 0.467. The number of rotatable bonds is 5. The Balaban J connectivity index is 1.49. The zero-order valence-electron chi connectivity index (χ0n) is 11.6. The van der Waals surface area contributed by atoms with Crippen molar-refractivity contribution in [3.63, 3.8) is 0 Å². The molecule has 2 heterocycles. The van der Waals surface area contributed by atoms with Crippen LogP contribution >= 0.6 is 11.3 Å². The summed E-state index contributed by atoms with van der Waals surface area (Å²) in [6.07, 6.45) is 4.33. The van der Waals surface area contributed by atoms with Gasteiger partial charge in [0.2, 0.25) is 5.91 Å². The van der Waals surface area contributed by atoms with Crippen molar-refractivity contribution in [2.75, 3.05) is 6.54 Å². The average molecular weight is 306 g/mol. The van der Waals surface area contributed by atoms with Gasteiger partial charge in [0.25, 0.3) is 0 Å². The van der Waals surface area contributed by atoms with Crippen molar-refractivity contribution in [2.45, 2.75) is 31.8 Å². The van der Waals surface area contributed by atoms with Crippen LogP contribution in [0, 0.1) is 5.92 Å². The standard InChI is InChI=1S/C15H18N2O3S/c18-12-4-3-10(6-12)8-16-14(19)7-11-9-21-15(17-11)13-2-1-5-20-13/h1-2,5,9-10,12,18H,3-4,6-8H2,(H,16,19). The van der Waals surface area contributed by atoms with Crippen LogP contribution in [0.15, 0.2) is 28.2 Å². The lowest BCUT2D eigenvalue weighted by Crippen LogP contribution is -2.30. The first-order valence-corrected chi connectivity index (χ1v) is 8.01. The van der Waals surface area contributed by atoms with Gasteiger partial charge in [0.15, 0.2) is 10.8 Å². The summed E-state index contributed by atoms with van der Waals surface area (Å²) in [6.45, 7) is 0.644. The number of furan rings is 1. The van der Waals surface area contributed by atoms with E-state index in [0.29, 0.717) is 12.5 Å². The summed E-state index contributed by atoms with van der Waals surface area (Å²) in [6, 6.07) is 3.67. The zero-order chi connectivity index (χ0) is 14.7. The molecule has 2 N–H and O–H groups in total. The van der Waals surface area contributed by atoms with E-state index in [1.54, 1.807) is 6.26 Å². The molecule has 1 amide bonds. The number of hydrogen-bond acceptors (Lipinski definition) is 5. The van der Waals surface area contributed by atoms with Gasteiger partial charge in [0, 0.05) is 11.9 Å². The molecule has 1 aliphatic carbocycles. The number of thiazole rings is 1. The van der Waals surface area contributed by atoms with Crippen LogP contribution in [-0.4, -0.2) is 28.6 Å². The smallest absolute Gasteiger partial charge is 0.226 e. The summed E-state index contributed by atoms with van der Waals surface area (Å²) >= 11 is 1.48. The number of nitrogens with zero attached hydrogens (tertiary/aromatic N) is 1. The number of carbonyl (C=O) groups is 1. The summed E-state index contributed by atoms with van der Waals surface area (Å²) in [5.74, 6) is 1.11. The van der Waals surface area contributed by atoms with E-state index in [1.165, 1.54) is 11.3 Å². The van der Waals surface area contributed by atoms with Gasteiger partial charge in [0.1, 0.15) is 0 Å². The maximum atomic E-state index is 11.9. The lowest BCUT2D eigenvalue weighted by Gasteiger charge is -2.10. The van der Waals surface area contributed by atoms with E-state index in [1.807, 2.05) is 17.5 Å². The molecular weight excluding hydrogens is 288 g/mol. The fourth-order valence-electron chi connectivity index (χ4n) is 2.62. The van der Waals surface area contributed by atoms with Crippen LogP contribution in [0.2, 0.25) is 0 Å². The van der Waals surface area contributed by atoms with Crippen molar-refractivity contribution in [3.05, 3.63) is 29.5 Å². The molecule has 21 heavy (non-hydrogen) atoms.